The molecule has 20 heavy (non-hydrogen) atoms. The predicted molar refractivity (Wildman–Crippen MR) is 87.6 cm³/mol. The first-order valence-corrected chi connectivity index (χ1v) is 9.03. The molecular formula is C15H28N4S. The molecule has 3 atom stereocenters. The third-order valence-corrected chi connectivity index (χ3v) is 6.19. The number of rotatable bonds is 2. The Morgan fingerprint density at radius 1 is 1.25 bits per heavy atom. The van der Waals surface area contributed by atoms with Crippen LogP contribution in [0.1, 0.15) is 25.7 Å². The first-order chi connectivity index (χ1) is 9.72. The molecule has 0 aromatic carbocycles. The molecule has 4 nitrogen and oxygen atoms in total. The molecule has 2 aliphatic heterocycles. The number of nitrogens with one attached hydrogen (secondary N) is 1. The van der Waals surface area contributed by atoms with Crippen molar-refractivity contribution in [1.29, 1.82) is 0 Å². The highest BCUT2D eigenvalue weighted by molar-refractivity contribution is 8.13. The van der Waals surface area contributed by atoms with Crippen molar-refractivity contribution in [3.05, 3.63) is 0 Å². The summed E-state index contributed by atoms with van der Waals surface area (Å²) in [5.74, 6) is 2.16. The molecule has 3 fully saturated rings. The molecule has 3 unspecified atom stereocenters. The highest BCUT2D eigenvalue weighted by atomic mass is 32.2. The van der Waals surface area contributed by atoms with Crippen LogP contribution in [0, 0.1) is 5.92 Å². The van der Waals surface area contributed by atoms with E-state index in [4.69, 9.17) is 4.99 Å². The van der Waals surface area contributed by atoms with Crippen LogP contribution >= 0.6 is 11.8 Å². The van der Waals surface area contributed by atoms with E-state index in [1.54, 1.807) is 0 Å². The van der Waals surface area contributed by atoms with Gasteiger partial charge in [-0.1, -0.05) is 24.6 Å². The second kappa shape index (κ2) is 6.67. The Balaban J connectivity index is 1.53. The van der Waals surface area contributed by atoms with Crippen LogP contribution in [0.15, 0.2) is 4.99 Å². The Hall–Kier alpha value is -0.260. The summed E-state index contributed by atoms with van der Waals surface area (Å²) in [6, 6.07) is 1.28. The van der Waals surface area contributed by atoms with Gasteiger partial charge in [0.25, 0.3) is 0 Å². The summed E-state index contributed by atoms with van der Waals surface area (Å²) in [6.45, 7) is 4.43. The lowest BCUT2D eigenvalue weighted by atomic mass is 9.86. The number of hydrogen-bond donors (Lipinski definition) is 1. The molecule has 0 spiro atoms. The third kappa shape index (κ3) is 3.49. The smallest absolute Gasteiger partial charge is 0.156 e. The molecule has 3 aliphatic rings. The maximum Gasteiger partial charge on any atom is 0.156 e. The quantitative estimate of drug-likeness (QED) is 0.836. The number of piperazine rings is 1. The van der Waals surface area contributed by atoms with Gasteiger partial charge in [-0.05, 0) is 32.9 Å². The number of likely N-dealkylation sites (N-methyl/N-ethyl adjacent to an activating group) is 2. The monoisotopic (exact) mass is 296 g/mol. The van der Waals surface area contributed by atoms with Crippen LogP contribution in [-0.4, -0.2) is 73.1 Å². The van der Waals surface area contributed by atoms with Gasteiger partial charge in [0.2, 0.25) is 0 Å². The fourth-order valence-corrected chi connectivity index (χ4v) is 4.73. The second-order valence-corrected chi connectivity index (χ2v) is 7.66. The van der Waals surface area contributed by atoms with E-state index in [-0.39, 0.29) is 0 Å². The third-order valence-electron chi connectivity index (χ3n) is 5.08. The molecular weight excluding hydrogens is 268 g/mol. The molecule has 114 valence electrons. The van der Waals surface area contributed by atoms with Gasteiger partial charge in [0.1, 0.15) is 0 Å². The number of fused-ring (bicyclic) bond motifs is 1. The molecule has 0 aromatic rings. The van der Waals surface area contributed by atoms with Gasteiger partial charge in [-0.2, -0.15) is 0 Å². The maximum absolute atomic E-state index is 4.88. The van der Waals surface area contributed by atoms with Crippen LogP contribution in [0.3, 0.4) is 0 Å². The summed E-state index contributed by atoms with van der Waals surface area (Å²) >= 11 is 1.95. The number of hydrogen-bond acceptors (Lipinski definition) is 4. The van der Waals surface area contributed by atoms with Crippen molar-refractivity contribution < 1.29 is 0 Å². The number of thioether (sulfide) groups is 1. The van der Waals surface area contributed by atoms with Gasteiger partial charge in [-0.25, -0.2) is 0 Å². The highest BCUT2D eigenvalue weighted by Gasteiger charge is 2.30. The van der Waals surface area contributed by atoms with Crippen molar-refractivity contribution in [2.45, 2.75) is 37.8 Å². The van der Waals surface area contributed by atoms with Crippen molar-refractivity contribution >= 4 is 16.9 Å². The van der Waals surface area contributed by atoms with E-state index in [9.17, 15) is 0 Å². The molecule has 2 heterocycles. The fraction of sp³-hybridized carbons (Fsp3) is 0.933. The second-order valence-electron chi connectivity index (χ2n) is 6.65. The molecule has 3 rings (SSSR count). The van der Waals surface area contributed by atoms with Crippen LogP contribution in [0.4, 0.5) is 0 Å². The molecule has 1 saturated carbocycles. The van der Waals surface area contributed by atoms with Crippen LogP contribution < -0.4 is 5.32 Å². The Kier molecular flexibility index (Phi) is 4.89. The Morgan fingerprint density at radius 2 is 2.10 bits per heavy atom. The minimum Gasteiger partial charge on any atom is -0.362 e. The van der Waals surface area contributed by atoms with Crippen LogP contribution in [-0.2, 0) is 0 Å². The summed E-state index contributed by atoms with van der Waals surface area (Å²) in [5.41, 5.74) is 0. The lowest BCUT2D eigenvalue weighted by Gasteiger charge is -2.38. The fourth-order valence-electron chi connectivity index (χ4n) is 3.56. The largest absolute Gasteiger partial charge is 0.362 e. The van der Waals surface area contributed by atoms with Crippen molar-refractivity contribution in [2.24, 2.45) is 10.9 Å². The van der Waals surface area contributed by atoms with Crippen molar-refractivity contribution in [1.82, 2.24) is 15.1 Å². The Bertz CT molecular complexity index is 360. The summed E-state index contributed by atoms with van der Waals surface area (Å²) in [7, 11) is 4.45. The number of aliphatic imine (C=N–C) groups is 1. The van der Waals surface area contributed by atoms with E-state index in [2.05, 4.69) is 29.2 Å². The highest BCUT2D eigenvalue weighted by Crippen LogP contribution is 2.31. The minimum absolute atomic E-state index is 0.577. The predicted octanol–water partition coefficient (Wildman–Crippen LogP) is 1.48. The summed E-state index contributed by atoms with van der Waals surface area (Å²) < 4.78 is 0. The molecule has 5 heteroatoms. The van der Waals surface area contributed by atoms with Gasteiger partial charge in [0, 0.05) is 37.5 Å². The van der Waals surface area contributed by atoms with Gasteiger partial charge < -0.3 is 10.2 Å². The summed E-state index contributed by atoms with van der Waals surface area (Å²) in [5, 5.41) is 4.91. The summed E-state index contributed by atoms with van der Waals surface area (Å²) in [6.07, 6.45) is 5.57. The zero-order chi connectivity index (χ0) is 13.9. The van der Waals surface area contributed by atoms with Crippen molar-refractivity contribution in [2.75, 3.05) is 46.0 Å². The average molecular weight is 296 g/mol. The standard InChI is InChI=1S/C15H28N4S/c1-18-7-8-19(2)13(10-18)9-16-15-17-14-6-4-3-5-12(14)11-20-15/h12-14H,3-11H2,1-2H3,(H,16,17). The first kappa shape index (κ1) is 14.7. The summed E-state index contributed by atoms with van der Waals surface area (Å²) in [4.78, 5) is 9.76. The van der Waals surface area contributed by atoms with Crippen LogP contribution in [0.25, 0.3) is 0 Å². The van der Waals surface area contributed by atoms with Gasteiger partial charge in [0.15, 0.2) is 5.17 Å². The molecule has 1 aliphatic carbocycles. The average Bonchev–Trinajstić information content (AvgIpc) is 2.48. The SMILES string of the molecule is CN1CCN(C)C(CN=C2NC3CCCCC3CS2)C1. The maximum atomic E-state index is 4.88. The number of amidine groups is 1. The van der Waals surface area contributed by atoms with E-state index in [0.717, 1.165) is 25.6 Å². The number of nitrogens with zero attached hydrogens (tertiary/aromatic N) is 3. The Morgan fingerprint density at radius 3 is 3.00 bits per heavy atom. The Labute approximate surface area is 127 Å². The van der Waals surface area contributed by atoms with E-state index < -0.39 is 0 Å². The van der Waals surface area contributed by atoms with Gasteiger partial charge in [0.05, 0.1) is 6.54 Å². The molecule has 0 radical (unpaired) electrons. The lowest BCUT2D eigenvalue weighted by molar-refractivity contribution is 0.119. The zero-order valence-corrected chi connectivity index (χ0v) is 13.7. The van der Waals surface area contributed by atoms with E-state index in [0.29, 0.717) is 12.1 Å². The van der Waals surface area contributed by atoms with Crippen LogP contribution in [0.2, 0.25) is 0 Å². The van der Waals surface area contributed by atoms with E-state index in [1.807, 2.05) is 11.8 Å². The lowest BCUT2D eigenvalue weighted by Crippen LogP contribution is -2.51. The van der Waals surface area contributed by atoms with Crippen LogP contribution in [0.5, 0.6) is 0 Å². The van der Waals surface area contributed by atoms with Gasteiger partial charge in [-0.3, -0.25) is 9.89 Å². The molecule has 2 saturated heterocycles. The molecule has 0 amide bonds. The first-order valence-electron chi connectivity index (χ1n) is 8.05. The van der Waals surface area contributed by atoms with Gasteiger partial charge in [-0.15, -0.1) is 0 Å². The molecule has 0 bridgehead atoms. The molecule has 1 N–H and O–H groups in total. The van der Waals surface area contributed by atoms with E-state index >= 15 is 0 Å². The van der Waals surface area contributed by atoms with Gasteiger partial charge >= 0.3 is 0 Å². The van der Waals surface area contributed by atoms with Crippen molar-refractivity contribution in [3.63, 3.8) is 0 Å². The molecule has 0 aromatic heterocycles. The normalized spacial score (nSPS) is 38.5. The zero-order valence-electron chi connectivity index (χ0n) is 12.8. The minimum atomic E-state index is 0.577. The topological polar surface area (TPSA) is 30.9 Å². The van der Waals surface area contributed by atoms with Crippen molar-refractivity contribution in [3.8, 4) is 0 Å². The van der Waals surface area contributed by atoms with E-state index in [1.165, 1.54) is 43.1 Å².